The molecule has 0 atom stereocenters. The molecular weight excluding hydrogens is 438 g/mol. The highest BCUT2D eigenvalue weighted by atomic mass is 32.2. The van der Waals surface area contributed by atoms with Gasteiger partial charge >= 0.3 is 0 Å². The van der Waals surface area contributed by atoms with Crippen molar-refractivity contribution < 1.29 is 22.4 Å². The first-order chi connectivity index (χ1) is 14.9. The van der Waals surface area contributed by atoms with Crippen LogP contribution in [0.5, 0.6) is 5.75 Å². The van der Waals surface area contributed by atoms with Gasteiger partial charge < -0.3 is 14.5 Å². The normalized spacial score (nSPS) is 11.4. The first kappa shape index (κ1) is 20.9. The summed E-state index contributed by atoms with van der Waals surface area (Å²) >= 11 is 1.16. The molecule has 2 aromatic heterocycles. The molecule has 0 saturated carbocycles. The Morgan fingerprint density at radius 2 is 1.97 bits per heavy atom. The molecule has 0 aliphatic heterocycles. The van der Waals surface area contributed by atoms with Gasteiger partial charge in [0.15, 0.2) is 5.13 Å². The van der Waals surface area contributed by atoms with E-state index in [0.717, 1.165) is 17.1 Å². The van der Waals surface area contributed by atoms with Crippen molar-refractivity contribution in [2.45, 2.75) is 11.3 Å². The van der Waals surface area contributed by atoms with Crippen molar-refractivity contribution in [3.63, 3.8) is 0 Å². The van der Waals surface area contributed by atoms with E-state index in [0.29, 0.717) is 34.5 Å². The molecule has 0 radical (unpaired) electrons. The average Bonchev–Trinajstić information content (AvgIpc) is 3.42. The summed E-state index contributed by atoms with van der Waals surface area (Å²) in [6.07, 6.45) is 2.19. The second kappa shape index (κ2) is 8.78. The molecule has 0 saturated heterocycles. The van der Waals surface area contributed by atoms with Gasteiger partial charge in [0.1, 0.15) is 11.5 Å². The zero-order valence-corrected chi connectivity index (χ0v) is 18.1. The van der Waals surface area contributed by atoms with Crippen molar-refractivity contribution in [1.82, 2.24) is 10.3 Å². The van der Waals surface area contributed by atoms with Crippen LogP contribution in [0.15, 0.2) is 70.2 Å². The molecule has 0 fully saturated rings. The zero-order chi connectivity index (χ0) is 21.8. The van der Waals surface area contributed by atoms with E-state index >= 15 is 0 Å². The van der Waals surface area contributed by atoms with Crippen molar-refractivity contribution in [2.75, 3.05) is 18.4 Å². The molecule has 2 heterocycles. The molecule has 0 bridgehead atoms. The average molecular weight is 458 g/mol. The molecule has 2 aromatic carbocycles. The Bertz CT molecular complexity index is 1300. The topological polar surface area (TPSA) is 111 Å². The van der Waals surface area contributed by atoms with E-state index in [1.165, 1.54) is 19.2 Å². The number of nitrogens with one attached hydrogen (secondary N) is 2. The Morgan fingerprint density at radius 1 is 1.16 bits per heavy atom. The molecule has 0 aliphatic carbocycles. The summed E-state index contributed by atoms with van der Waals surface area (Å²) in [5, 5.41) is 3.06. The highest BCUT2D eigenvalue weighted by Gasteiger charge is 2.17. The number of sulfonamides is 1. The number of ether oxygens (including phenoxy) is 1. The number of methoxy groups -OCH3 is 1. The summed E-state index contributed by atoms with van der Waals surface area (Å²) in [7, 11) is -2.28. The van der Waals surface area contributed by atoms with Crippen LogP contribution in [0.2, 0.25) is 0 Å². The van der Waals surface area contributed by atoms with Crippen molar-refractivity contribution in [3.8, 4) is 5.75 Å². The number of furan rings is 1. The molecular formula is C21H19N3O5S2. The number of nitrogens with zero attached hydrogens (tertiary/aromatic N) is 1. The highest BCUT2D eigenvalue weighted by molar-refractivity contribution is 7.93. The highest BCUT2D eigenvalue weighted by Crippen LogP contribution is 2.29. The second-order valence-electron chi connectivity index (χ2n) is 6.57. The van der Waals surface area contributed by atoms with Crippen LogP contribution in [0.25, 0.3) is 10.2 Å². The van der Waals surface area contributed by atoms with E-state index < -0.39 is 10.0 Å². The maximum atomic E-state index is 12.6. The number of anilines is 1. The lowest BCUT2D eigenvalue weighted by Gasteiger charge is -2.05. The van der Waals surface area contributed by atoms with Crippen molar-refractivity contribution >= 4 is 42.6 Å². The van der Waals surface area contributed by atoms with Crippen LogP contribution in [0.4, 0.5) is 5.13 Å². The molecule has 0 spiro atoms. The quantitative estimate of drug-likeness (QED) is 0.418. The van der Waals surface area contributed by atoms with E-state index in [2.05, 4.69) is 15.0 Å². The molecule has 4 aromatic rings. The van der Waals surface area contributed by atoms with Gasteiger partial charge in [-0.05, 0) is 54.6 Å². The fourth-order valence-electron chi connectivity index (χ4n) is 2.89. The van der Waals surface area contributed by atoms with Crippen molar-refractivity contribution in [1.29, 1.82) is 0 Å². The van der Waals surface area contributed by atoms with Gasteiger partial charge in [-0.25, -0.2) is 13.4 Å². The number of aromatic nitrogens is 1. The fourth-order valence-corrected chi connectivity index (χ4v) is 5.03. The number of thiazole rings is 1. The summed E-state index contributed by atoms with van der Waals surface area (Å²) in [5.74, 6) is 1.14. The monoisotopic (exact) mass is 457 g/mol. The zero-order valence-electron chi connectivity index (χ0n) is 16.5. The predicted molar refractivity (Wildman–Crippen MR) is 118 cm³/mol. The minimum Gasteiger partial charge on any atom is -0.497 e. The van der Waals surface area contributed by atoms with Crippen LogP contribution in [-0.4, -0.2) is 33.0 Å². The third kappa shape index (κ3) is 4.86. The standard InChI is InChI=1S/C21H19N3O5S2/c1-28-15-5-7-17(8-6-15)31(26,27)24-21-23-18-9-4-14(13-19(18)30-21)20(25)22-11-10-16-3-2-12-29-16/h2-9,12-13H,10-11H2,1H3,(H,22,25)(H,23,24). The largest absolute Gasteiger partial charge is 0.497 e. The number of benzene rings is 2. The van der Waals surface area contributed by atoms with E-state index in [-0.39, 0.29) is 15.9 Å². The van der Waals surface area contributed by atoms with Crippen molar-refractivity contribution in [2.24, 2.45) is 0 Å². The molecule has 160 valence electrons. The summed E-state index contributed by atoms with van der Waals surface area (Å²) in [4.78, 5) is 16.8. The van der Waals surface area contributed by atoms with Crippen LogP contribution in [0, 0.1) is 0 Å². The Morgan fingerprint density at radius 3 is 2.68 bits per heavy atom. The lowest BCUT2D eigenvalue weighted by Crippen LogP contribution is -2.25. The van der Waals surface area contributed by atoms with Crippen LogP contribution in [0.1, 0.15) is 16.1 Å². The van der Waals surface area contributed by atoms with E-state index in [1.54, 1.807) is 42.7 Å². The minimum absolute atomic E-state index is 0.101. The Balaban J connectivity index is 1.45. The minimum atomic E-state index is -3.79. The summed E-state index contributed by atoms with van der Waals surface area (Å²) in [5.41, 5.74) is 1.07. The van der Waals surface area contributed by atoms with Gasteiger partial charge in [-0.15, -0.1) is 0 Å². The van der Waals surface area contributed by atoms with Gasteiger partial charge in [0.25, 0.3) is 15.9 Å². The van der Waals surface area contributed by atoms with Gasteiger partial charge in [0, 0.05) is 18.5 Å². The molecule has 8 nitrogen and oxygen atoms in total. The van der Waals surface area contributed by atoms with Crippen LogP contribution >= 0.6 is 11.3 Å². The number of rotatable bonds is 8. The lowest BCUT2D eigenvalue weighted by molar-refractivity contribution is 0.0954. The number of hydrogen-bond acceptors (Lipinski definition) is 7. The molecule has 0 unspecified atom stereocenters. The van der Waals surface area contributed by atoms with E-state index in [9.17, 15) is 13.2 Å². The number of carbonyl (C=O) groups excluding carboxylic acids is 1. The molecule has 2 N–H and O–H groups in total. The van der Waals surface area contributed by atoms with Crippen LogP contribution in [-0.2, 0) is 16.4 Å². The van der Waals surface area contributed by atoms with Crippen LogP contribution in [0.3, 0.4) is 0 Å². The summed E-state index contributed by atoms with van der Waals surface area (Å²) in [6, 6.07) is 14.8. The molecule has 4 rings (SSSR count). The Kier molecular flexibility index (Phi) is 5.92. The number of fused-ring (bicyclic) bond motifs is 1. The van der Waals surface area contributed by atoms with Crippen molar-refractivity contribution in [3.05, 3.63) is 72.2 Å². The summed E-state index contributed by atoms with van der Waals surface area (Å²) in [6.45, 7) is 0.444. The maximum Gasteiger partial charge on any atom is 0.263 e. The van der Waals surface area contributed by atoms with E-state index in [1.807, 2.05) is 6.07 Å². The Hall–Kier alpha value is -3.37. The molecule has 1 amide bonds. The van der Waals surface area contributed by atoms with E-state index in [4.69, 9.17) is 9.15 Å². The van der Waals surface area contributed by atoms with Gasteiger partial charge in [0.05, 0.1) is 28.5 Å². The third-order valence-electron chi connectivity index (χ3n) is 4.48. The van der Waals surface area contributed by atoms with Gasteiger partial charge in [-0.2, -0.15) is 0 Å². The lowest BCUT2D eigenvalue weighted by atomic mass is 10.2. The SMILES string of the molecule is COc1ccc(S(=O)(=O)Nc2nc3ccc(C(=O)NCCc4ccco4)cc3s2)cc1. The maximum absolute atomic E-state index is 12.6. The smallest absolute Gasteiger partial charge is 0.263 e. The summed E-state index contributed by atoms with van der Waals surface area (Å²) < 4.78 is 38.7. The first-order valence-corrected chi connectivity index (χ1v) is 11.6. The molecule has 10 heteroatoms. The third-order valence-corrected chi connectivity index (χ3v) is 6.90. The van der Waals surface area contributed by atoms with Crippen LogP contribution < -0.4 is 14.8 Å². The second-order valence-corrected chi connectivity index (χ2v) is 9.28. The number of hydrogen-bond donors (Lipinski definition) is 2. The Labute approximate surface area is 182 Å². The van der Waals surface area contributed by atoms with Gasteiger partial charge in [-0.1, -0.05) is 11.3 Å². The molecule has 31 heavy (non-hydrogen) atoms. The van der Waals surface area contributed by atoms with Gasteiger partial charge in [-0.3, -0.25) is 9.52 Å². The fraction of sp³-hybridized carbons (Fsp3) is 0.143. The van der Waals surface area contributed by atoms with Gasteiger partial charge in [0.2, 0.25) is 0 Å². The first-order valence-electron chi connectivity index (χ1n) is 9.33. The number of amides is 1. The number of carbonyl (C=O) groups is 1. The molecule has 0 aliphatic rings. The predicted octanol–water partition coefficient (Wildman–Crippen LogP) is 3.67.